The van der Waals surface area contributed by atoms with Crippen molar-refractivity contribution in [2.75, 3.05) is 26.3 Å². The second-order valence-electron chi connectivity index (χ2n) is 5.97. The first kappa shape index (κ1) is 21.3. The number of hydrogen-bond acceptors (Lipinski definition) is 2. The summed E-state index contributed by atoms with van der Waals surface area (Å²) < 4.78 is 119. The topological polar surface area (TPSA) is 12.5 Å². The molecule has 1 aliphatic rings. The van der Waals surface area contributed by atoms with Gasteiger partial charge < -0.3 is 4.74 Å². The molecule has 0 amide bonds. The second-order valence-corrected chi connectivity index (χ2v) is 5.97. The molecule has 0 aromatic carbocycles. The summed E-state index contributed by atoms with van der Waals surface area (Å²) in [6.07, 6.45) is -12.3. The number of ether oxygens (including phenoxy) is 1. The number of halogens is 9. The van der Waals surface area contributed by atoms with Gasteiger partial charge in [0.2, 0.25) is 6.30 Å². The fourth-order valence-electron chi connectivity index (χ4n) is 2.23. The zero-order valence-corrected chi connectivity index (χ0v) is 12.7. The molecule has 2 unspecified atom stereocenters. The Labute approximate surface area is 132 Å². The van der Waals surface area contributed by atoms with Crippen LogP contribution >= 0.6 is 0 Å². The molecule has 2 atom stereocenters. The van der Waals surface area contributed by atoms with E-state index in [0.29, 0.717) is 12.8 Å². The normalized spacial score (nSPS) is 21.8. The standard InChI is InChI=1S/C13H18F9NO/c1-8-2-4-23(5-3-8)10(15)12(18,19)7-24-6-11(16,17)9(14)13(20,21)22/h8-10H,2-7H2,1H3. The summed E-state index contributed by atoms with van der Waals surface area (Å²) in [5.74, 6) is -9.01. The molecular formula is C13H18F9NO. The van der Waals surface area contributed by atoms with Gasteiger partial charge in [-0.25, -0.2) is 17.6 Å². The Morgan fingerprint density at radius 2 is 1.38 bits per heavy atom. The van der Waals surface area contributed by atoms with Crippen LogP contribution in [0, 0.1) is 5.92 Å². The number of rotatable bonds is 7. The van der Waals surface area contributed by atoms with E-state index in [-0.39, 0.29) is 19.0 Å². The molecule has 0 radical (unpaired) electrons. The highest BCUT2D eigenvalue weighted by atomic mass is 19.4. The lowest BCUT2D eigenvalue weighted by Gasteiger charge is -2.35. The molecule has 0 spiro atoms. The molecule has 0 aromatic rings. The van der Waals surface area contributed by atoms with Crippen LogP contribution in [0.3, 0.4) is 0 Å². The Hall–Kier alpha value is -0.710. The maximum atomic E-state index is 13.8. The molecule has 0 saturated carbocycles. The second kappa shape index (κ2) is 7.67. The fourth-order valence-corrected chi connectivity index (χ4v) is 2.23. The highest BCUT2D eigenvalue weighted by Gasteiger charge is 2.57. The zero-order chi connectivity index (χ0) is 18.8. The first-order valence-corrected chi connectivity index (χ1v) is 7.19. The van der Waals surface area contributed by atoms with Gasteiger partial charge in [-0.15, -0.1) is 0 Å². The molecule has 0 bridgehead atoms. The maximum absolute atomic E-state index is 13.8. The summed E-state index contributed by atoms with van der Waals surface area (Å²) in [5.41, 5.74) is 0. The van der Waals surface area contributed by atoms with Gasteiger partial charge in [0.25, 0.3) is 6.17 Å². The molecule has 1 fully saturated rings. The molecule has 0 aliphatic carbocycles. The van der Waals surface area contributed by atoms with Gasteiger partial charge in [0.15, 0.2) is 0 Å². The Morgan fingerprint density at radius 3 is 1.83 bits per heavy atom. The van der Waals surface area contributed by atoms with Gasteiger partial charge in [0.1, 0.15) is 13.2 Å². The van der Waals surface area contributed by atoms with E-state index in [1.54, 1.807) is 0 Å². The number of piperidine rings is 1. The number of likely N-dealkylation sites (tertiary alicyclic amines) is 1. The minimum Gasteiger partial charge on any atom is -0.369 e. The summed E-state index contributed by atoms with van der Waals surface area (Å²) in [6, 6.07) is 0. The third-order valence-electron chi connectivity index (χ3n) is 3.73. The summed E-state index contributed by atoms with van der Waals surface area (Å²) in [6.45, 7) is -2.17. The van der Waals surface area contributed by atoms with E-state index in [1.165, 1.54) is 0 Å². The molecule has 11 heteroatoms. The van der Waals surface area contributed by atoms with Crippen molar-refractivity contribution in [3.05, 3.63) is 0 Å². The summed E-state index contributed by atoms with van der Waals surface area (Å²) >= 11 is 0. The van der Waals surface area contributed by atoms with E-state index in [1.807, 2.05) is 6.92 Å². The molecule has 1 rings (SSSR count). The van der Waals surface area contributed by atoms with Crippen molar-refractivity contribution in [2.24, 2.45) is 5.92 Å². The van der Waals surface area contributed by atoms with Gasteiger partial charge in [0.05, 0.1) is 0 Å². The van der Waals surface area contributed by atoms with Crippen LogP contribution in [0.5, 0.6) is 0 Å². The first-order valence-electron chi connectivity index (χ1n) is 7.19. The van der Waals surface area contributed by atoms with Gasteiger partial charge in [-0.2, -0.15) is 22.0 Å². The van der Waals surface area contributed by atoms with E-state index in [0.717, 1.165) is 4.90 Å². The molecular weight excluding hydrogens is 357 g/mol. The summed E-state index contributed by atoms with van der Waals surface area (Å²) in [4.78, 5) is 0.815. The fraction of sp³-hybridized carbons (Fsp3) is 1.00. The van der Waals surface area contributed by atoms with Crippen LogP contribution in [-0.4, -0.2) is 61.7 Å². The van der Waals surface area contributed by atoms with Crippen molar-refractivity contribution >= 4 is 0 Å². The Kier molecular flexibility index (Phi) is 6.82. The van der Waals surface area contributed by atoms with E-state index in [4.69, 9.17) is 0 Å². The van der Waals surface area contributed by atoms with Crippen molar-refractivity contribution in [3.8, 4) is 0 Å². The van der Waals surface area contributed by atoms with Gasteiger partial charge in [-0.3, -0.25) is 4.90 Å². The predicted octanol–water partition coefficient (Wildman–Crippen LogP) is 4.20. The van der Waals surface area contributed by atoms with Crippen LogP contribution in [0.25, 0.3) is 0 Å². The predicted molar refractivity (Wildman–Crippen MR) is 66.5 cm³/mol. The lowest BCUT2D eigenvalue weighted by molar-refractivity contribution is -0.261. The molecule has 0 aromatic heterocycles. The molecule has 144 valence electrons. The average molecular weight is 375 g/mol. The molecule has 1 aliphatic heterocycles. The maximum Gasteiger partial charge on any atom is 0.425 e. The molecule has 1 saturated heterocycles. The van der Waals surface area contributed by atoms with E-state index in [2.05, 4.69) is 4.74 Å². The molecule has 1 heterocycles. The van der Waals surface area contributed by atoms with Crippen LogP contribution in [0.4, 0.5) is 39.5 Å². The molecule has 0 N–H and O–H groups in total. The van der Waals surface area contributed by atoms with Crippen molar-refractivity contribution in [3.63, 3.8) is 0 Å². The highest BCUT2D eigenvalue weighted by molar-refractivity contribution is 4.84. The van der Waals surface area contributed by atoms with Gasteiger partial charge in [-0.1, -0.05) is 6.92 Å². The Morgan fingerprint density at radius 1 is 0.917 bits per heavy atom. The molecule has 24 heavy (non-hydrogen) atoms. The van der Waals surface area contributed by atoms with E-state index < -0.39 is 43.7 Å². The summed E-state index contributed by atoms with van der Waals surface area (Å²) in [5, 5.41) is 0. The van der Waals surface area contributed by atoms with E-state index >= 15 is 0 Å². The van der Waals surface area contributed by atoms with E-state index in [9.17, 15) is 39.5 Å². The van der Waals surface area contributed by atoms with Crippen molar-refractivity contribution in [2.45, 2.75) is 50.3 Å². The smallest absolute Gasteiger partial charge is 0.369 e. The third kappa shape index (κ3) is 5.68. The van der Waals surface area contributed by atoms with Crippen molar-refractivity contribution in [1.29, 1.82) is 0 Å². The SMILES string of the molecule is CC1CCN(C(F)C(F)(F)COCC(F)(F)C(F)C(F)(F)F)CC1. The zero-order valence-electron chi connectivity index (χ0n) is 12.7. The summed E-state index contributed by atoms with van der Waals surface area (Å²) in [7, 11) is 0. The van der Waals surface area contributed by atoms with Crippen molar-refractivity contribution in [1.82, 2.24) is 4.90 Å². The van der Waals surface area contributed by atoms with Crippen molar-refractivity contribution < 1.29 is 44.3 Å². The average Bonchev–Trinajstić information content (AvgIpc) is 2.45. The number of nitrogens with zero attached hydrogens (tertiary/aromatic N) is 1. The van der Waals surface area contributed by atoms with Crippen LogP contribution in [0.2, 0.25) is 0 Å². The number of hydrogen-bond donors (Lipinski definition) is 0. The van der Waals surface area contributed by atoms with Crippen LogP contribution in [0.15, 0.2) is 0 Å². The van der Waals surface area contributed by atoms with Gasteiger partial charge in [-0.05, 0) is 18.8 Å². The van der Waals surface area contributed by atoms with Crippen LogP contribution in [0.1, 0.15) is 19.8 Å². The monoisotopic (exact) mass is 375 g/mol. The largest absolute Gasteiger partial charge is 0.425 e. The quantitative estimate of drug-likeness (QED) is 0.489. The Balaban J connectivity index is 2.52. The Bertz CT molecular complexity index is 393. The minimum atomic E-state index is -5.86. The third-order valence-corrected chi connectivity index (χ3v) is 3.73. The van der Waals surface area contributed by atoms with Gasteiger partial charge in [0, 0.05) is 13.1 Å². The number of alkyl halides is 9. The first-order chi connectivity index (χ1) is 10.8. The van der Waals surface area contributed by atoms with Crippen LogP contribution < -0.4 is 0 Å². The highest BCUT2D eigenvalue weighted by Crippen LogP contribution is 2.36. The lowest BCUT2D eigenvalue weighted by atomic mass is 9.99. The molecule has 2 nitrogen and oxygen atoms in total. The minimum absolute atomic E-state index is 0.0364. The lowest BCUT2D eigenvalue weighted by Crippen LogP contribution is -2.51. The van der Waals surface area contributed by atoms with Crippen LogP contribution in [-0.2, 0) is 4.74 Å². The van der Waals surface area contributed by atoms with Gasteiger partial charge >= 0.3 is 18.0 Å².